The van der Waals surface area contributed by atoms with Crippen LogP contribution in [0.5, 0.6) is 5.75 Å². The van der Waals surface area contributed by atoms with Crippen LogP contribution in [0.1, 0.15) is 51.4 Å². The molecule has 1 N–H and O–H groups in total. The maximum Gasteiger partial charge on any atom is 0.303 e. The van der Waals surface area contributed by atoms with E-state index in [4.69, 9.17) is 9.84 Å². The minimum Gasteiger partial charge on any atom is -0.493 e. The fourth-order valence-corrected chi connectivity index (χ4v) is 3.29. The Labute approximate surface area is 137 Å². The minimum atomic E-state index is -0.728. The van der Waals surface area contributed by atoms with E-state index in [0.717, 1.165) is 44.3 Å². The minimum absolute atomic E-state index is 0.123. The van der Waals surface area contributed by atoms with Gasteiger partial charge in [0, 0.05) is 24.7 Å². The molecule has 1 unspecified atom stereocenters. The molecule has 4 heteroatoms. The Morgan fingerprint density at radius 3 is 2.61 bits per heavy atom. The van der Waals surface area contributed by atoms with Crippen LogP contribution in [-0.4, -0.2) is 23.5 Å². The SMILES string of the molecule is O=C(O)CCCCCC[C@H]1C(=O)CCC1COc1ccccc1. The molecule has 1 saturated carbocycles. The Morgan fingerprint density at radius 1 is 1.13 bits per heavy atom. The van der Waals surface area contributed by atoms with E-state index < -0.39 is 5.97 Å². The molecule has 0 amide bonds. The zero-order valence-electron chi connectivity index (χ0n) is 13.6. The van der Waals surface area contributed by atoms with Crippen molar-refractivity contribution in [1.29, 1.82) is 0 Å². The molecular formula is C19H26O4. The van der Waals surface area contributed by atoms with Gasteiger partial charge >= 0.3 is 5.97 Å². The second kappa shape index (κ2) is 9.33. The number of carboxylic acids is 1. The number of benzene rings is 1. The van der Waals surface area contributed by atoms with Crippen molar-refractivity contribution in [2.24, 2.45) is 11.8 Å². The predicted octanol–water partition coefficient (Wildman–Crippen LogP) is 4.09. The molecule has 1 aromatic carbocycles. The highest BCUT2D eigenvalue weighted by molar-refractivity contribution is 5.83. The monoisotopic (exact) mass is 318 g/mol. The first-order chi connectivity index (χ1) is 11.2. The highest BCUT2D eigenvalue weighted by Crippen LogP contribution is 2.33. The van der Waals surface area contributed by atoms with E-state index >= 15 is 0 Å². The second-order valence-corrected chi connectivity index (χ2v) is 6.34. The van der Waals surface area contributed by atoms with Gasteiger partial charge in [-0.2, -0.15) is 0 Å². The summed E-state index contributed by atoms with van der Waals surface area (Å²) in [7, 11) is 0. The van der Waals surface area contributed by atoms with Gasteiger partial charge in [0.15, 0.2) is 0 Å². The predicted molar refractivity (Wildman–Crippen MR) is 88.5 cm³/mol. The first-order valence-corrected chi connectivity index (χ1v) is 8.59. The second-order valence-electron chi connectivity index (χ2n) is 6.34. The van der Waals surface area contributed by atoms with E-state index in [1.54, 1.807) is 0 Å². The standard InChI is InChI=1S/C19H26O4/c20-18-13-12-15(14-23-16-8-4-3-5-9-16)17(18)10-6-1-2-7-11-19(21)22/h3-5,8-9,15,17H,1-2,6-7,10-14H2,(H,21,22)/t15?,17-/m1/s1. The van der Waals surface area contributed by atoms with Crippen molar-refractivity contribution in [2.45, 2.75) is 51.4 Å². The van der Waals surface area contributed by atoms with Gasteiger partial charge in [0.05, 0.1) is 6.61 Å². The van der Waals surface area contributed by atoms with Crippen molar-refractivity contribution in [3.05, 3.63) is 30.3 Å². The van der Waals surface area contributed by atoms with Crippen LogP contribution in [0.25, 0.3) is 0 Å². The Hall–Kier alpha value is -1.84. The van der Waals surface area contributed by atoms with Gasteiger partial charge in [0.1, 0.15) is 11.5 Å². The topological polar surface area (TPSA) is 63.6 Å². The van der Waals surface area contributed by atoms with Gasteiger partial charge in [-0.3, -0.25) is 9.59 Å². The molecule has 1 fully saturated rings. The van der Waals surface area contributed by atoms with Crippen LogP contribution >= 0.6 is 0 Å². The lowest BCUT2D eigenvalue weighted by molar-refractivity contribution is -0.137. The third kappa shape index (κ3) is 6.05. The third-order valence-electron chi connectivity index (χ3n) is 4.61. The molecule has 126 valence electrons. The molecule has 4 nitrogen and oxygen atoms in total. The summed E-state index contributed by atoms with van der Waals surface area (Å²) < 4.78 is 5.82. The normalized spacial score (nSPS) is 20.6. The number of ketones is 1. The van der Waals surface area contributed by atoms with Gasteiger partial charge in [-0.05, 0) is 31.4 Å². The summed E-state index contributed by atoms with van der Waals surface area (Å²) in [4.78, 5) is 22.5. The zero-order chi connectivity index (χ0) is 16.5. The number of hydrogen-bond acceptors (Lipinski definition) is 3. The quantitative estimate of drug-likeness (QED) is 0.660. The largest absolute Gasteiger partial charge is 0.493 e. The van der Waals surface area contributed by atoms with Gasteiger partial charge in [0.2, 0.25) is 0 Å². The van der Waals surface area contributed by atoms with Crippen LogP contribution in [0.4, 0.5) is 0 Å². The van der Waals surface area contributed by atoms with Crippen molar-refractivity contribution in [2.75, 3.05) is 6.61 Å². The number of unbranched alkanes of at least 4 members (excludes halogenated alkanes) is 3. The van der Waals surface area contributed by atoms with E-state index in [1.807, 2.05) is 30.3 Å². The molecular weight excluding hydrogens is 292 g/mol. The molecule has 2 rings (SSSR count). The summed E-state index contributed by atoms with van der Waals surface area (Å²) in [5.41, 5.74) is 0. The summed E-state index contributed by atoms with van der Waals surface area (Å²) >= 11 is 0. The number of rotatable bonds is 10. The molecule has 0 saturated heterocycles. The first-order valence-electron chi connectivity index (χ1n) is 8.59. The van der Waals surface area contributed by atoms with Crippen LogP contribution in [0, 0.1) is 11.8 Å². The van der Waals surface area contributed by atoms with E-state index in [0.29, 0.717) is 24.7 Å². The number of aliphatic carboxylic acids is 1. The van der Waals surface area contributed by atoms with E-state index in [2.05, 4.69) is 0 Å². The lowest BCUT2D eigenvalue weighted by atomic mass is 9.90. The first kappa shape index (κ1) is 17.5. The maximum absolute atomic E-state index is 12.1. The molecule has 1 aliphatic rings. The highest BCUT2D eigenvalue weighted by atomic mass is 16.5. The smallest absolute Gasteiger partial charge is 0.303 e. The van der Waals surface area contributed by atoms with Crippen molar-refractivity contribution < 1.29 is 19.4 Å². The van der Waals surface area contributed by atoms with Crippen molar-refractivity contribution in [3.8, 4) is 5.75 Å². The molecule has 1 aliphatic carbocycles. The molecule has 0 heterocycles. The van der Waals surface area contributed by atoms with E-state index in [9.17, 15) is 9.59 Å². The van der Waals surface area contributed by atoms with Crippen LogP contribution in [-0.2, 0) is 9.59 Å². The molecule has 23 heavy (non-hydrogen) atoms. The fraction of sp³-hybridized carbons (Fsp3) is 0.579. The third-order valence-corrected chi connectivity index (χ3v) is 4.61. The Kier molecular flexibility index (Phi) is 7.11. The van der Waals surface area contributed by atoms with Crippen LogP contribution in [0.15, 0.2) is 30.3 Å². The Balaban J connectivity index is 1.68. The van der Waals surface area contributed by atoms with Crippen LogP contribution in [0.3, 0.4) is 0 Å². The summed E-state index contributed by atoms with van der Waals surface area (Å²) in [6.45, 7) is 0.611. The molecule has 1 aromatic rings. The molecule has 2 atom stereocenters. The summed E-state index contributed by atoms with van der Waals surface area (Å²) in [6.07, 6.45) is 6.42. The lowest BCUT2D eigenvalue weighted by Crippen LogP contribution is -2.20. The number of carbonyl (C=O) groups excluding carboxylic acids is 1. The highest BCUT2D eigenvalue weighted by Gasteiger charge is 2.34. The number of carbonyl (C=O) groups is 2. The number of hydrogen-bond donors (Lipinski definition) is 1. The average molecular weight is 318 g/mol. The summed E-state index contributed by atoms with van der Waals surface area (Å²) in [5, 5.41) is 8.61. The average Bonchev–Trinajstić information content (AvgIpc) is 2.90. The van der Waals surface area contributed by atoms with Crippen LogP contribution < -0.4 is 4.74 Å². The summed E-state index contributed by atoms with van der Waals surface area (Å²) in [5.74, 6) is 0.950. The number of para-hydroxylation sites is 1. The molecule has 0 aromatic heterocycles. The number of ether oxygens (including phenoxy) is 1. The number of carboxylic acid groups (broad SMARTS) is 1. The van der Waals surface area contributed by atoms with E-state index in [-0.39, 0.29) is 12.3 Å². The lowest BCUT2D eigenvalue weighted by Gasteiger charge is -2.19. The van der Waals surface area contributed by atoms with Gasteiger partial charge in [-0.25, -0.2) is 0 Å². The van der Waals surface area contributed by atoms with Crippen LogP contribution in [0.2, 0.25) is 0 Å². The Bertz CT molecular complexity index is 497. The van der Waals surface area contributed by atoms with Gasteiger partial charge in [-0.1, -0.05) is 37.5 Å². The molecule has 0 bridgehead atoms. The van der Waals surface area contributed by atoms with Gasteiger partial charge in [-0.15, -0.1) is 0 Å². The molecule has 0 aliphatic heterocycles. The molecule has 0 radical (unpaired) electrons. The van der Waals surface area contributed by atoms with Gasteiger partial charge < -0.3 is 9.84 Å². The Morgan fingerprint density at radius 2 is 1.87 bits per heavy atom. The van der Waals surface area contributed by atoms with Gasteiger partial charge in [0.25, 0.3) is 0 Å². The van der Waals surface area contributed by atoms with E-state index in [1.165, 1.54) is 0 Å². The zero-order valence-corrected chi connectivity index (χ0v) is 13.6. The number of Topliss-reactive ketones (excluding diaryl/α,β-unsaturated/α-hetero) is 1. The fourth-order valence-electron chi connectivity index (χ4n) is 3.29. The maximum atomic E-state index is 12.1. The molecule has 0 spiro atoms. The van der Waals surface area contributed by atoms with Crippen molar-refractivity contribution >= 4 is 11.8 Å². The van der Waals surface area contributed by atoms with Crippen molar-refractivity contribution in [3.63, 3.8) is 0 Å². The summed E-state index contributed by atoms with van der Waals surface area (Å²) in [6, 6.07) is 9.73. The van der Waals surface area contributed by atoms with Crippen molar-refractivity contribution in [1.82, 2.24) is 0 Å².